The molecule has 0 radical (unpaired) electrons. The van der Waals surface area contributed by atoms with E-state index in [0.29, 0.717) is 5.91 Å². The van der Waals surface area contributed by atoms with Gasteiger partial charge in [0.05, 0.1) is 18.1 Å². The SMILES string of the molecule is Cc1cc(C)n(-c2cncc(N3CCC(C(=O)N4CCC(C)CC4)CC3)n2)n1. The number of rotatable bonds is 3. The van der Waals surface area contributed by atoms with Crippen LogP contribution in [0.4, 0.5) is 5.82 Å². The molecule has 2 aromatic heterocycles. The molecule has 28 heavy (non-hydrogen) atoms. The number of anilines is 1. The van der Waals surface area contributed by atoms with Crippen molar-refractivity contribution in [3.05, 3.63) is 29.8 Å². The fourth-order valence-corrected chi connectivity index (χ4v) is 4.30. The third kappa shape index (κ3) is 3.88. The molecule has 7 heteroatoms. The second kappa shape index (κ2) is 7.89. The van der Waals surface area contributed by atoms with Gasteiger partial charge in [0.1, 0.15) is 5.82 Å². The van der Waals surface area contributed by atoms with Gasteiger partial charge in [0, 0.05) is 37.8 Å². The lowest BCUT2D eigenvalue weighted by Crippen LogP contribution is -2.45. The Hall–Kier alpha value is -2.44. The van der Waals surface area contributed by atoms with Crippen LogP contribution < -0.4 is 4.90 Å². The normalized spacial score (nSPS) is 19.2. The molecular formula is C21H30N6O. The first-order valence-corrected chi connectivity index (χ1v) is 10.4. The van der Waals surface area contributed by atoms with Crippen molar-refractivity contribution < 1.29 is 4.79 Å². The van der Waals surface area contributed by atoms with E-state index >= 15 is 0 Å². The highest BCUT2D eigenvalue weighted by Gasteiger charge is 2.30. The molecule has 0 saturated carbocycles. The van der Waals surface area contributed by atoms with Crippen molar-refractivity contribution in [2.45, 2.75) is 46.5 Å². The van der Waals surface area contributed by atoms with Crippen LogP contribution in [0, 0.1) is 25.7 Å². The van der Waals surface area contributed by atoms with Gasteiger partial charge in [0.2, 0.25) is 5.91 Å². The van der Waals surface area contributed by atoms with E-state index in [1.807, 2.05) is 30.8 Å². The molecule has 4 rings (SSSR count). The van der Waals surface area contributed by atoms with E-state index in [-0.39, 0.29) is 5.92 Å². The maximum absolute atomic E-state index is 12.8. The topological polar surface area (TPSA) is 67.2 Å². The van der Waals surface area contributed by atoms with Crippen molar-refractivity contribution in [1.82, 2.24) is 24.6 Å². The second-order valence-corrected chi connectivity index (χ2v) is 8.34. The van der Waals surface area contributed by atoms with Gasteiger partial charge in [-0.2, -0.15) is 5.10 Å². The highest BCUT2D eigenvalue weighted by Crippen LogP contribution is 2.26. The first-order valence-electron chi connectivity index (χ1n) is 10.4. The van der Waals surface area contributed by atoms with Crippen LogP contribution >= 0.6 is 0 Å². The molecule has 0 aromatic carbocycles. The number of aromatic nitrogens is 4. The minimum Gasteiger partial charge on any atom is -0.355 e. The summed E-state index contributed by atoms with van der Waals surface area (Å²) in [6.07, 6.45) is 7.60. The highest BCUT2D eigenvalue weighted by molar-refractivity contribution is 5.79. The Morgan fingerprint density at radius 1 is 1.00 bits per heavy atom. The summed E-state index contributed by atoms with van der Waals surface area (Å²) < 4.78 is 1.83. The fraction of sp³-hybridized carbons (Fsp3) is 0.619. The summed E-state index contributed by atoms with van der Waals surface area (Å²) >= 11 is 0. The largest absolute Gasteiger partial charge is 0.355 e. The summed E-state index contributed by atoms with van der Waals surface area (Å²) in [6, 6.07) is 2.03. The number of carbonyl (C=O) groups excluding carboxylic acids is 1. The van der Waals surface area contributed by atoms with Crippen LogP contribution in [0.3, 0.4) is 0 Å². The minimum atomic E-state index is 0.150. The lowest BCUT2D eigenvalue weighted by atomic mass is 9.93. The minimum absolute atomic E-state index is 0.150. The van der Waals surface area contributed by atoms with E-state index < -0.39 is 0 Å². The molecular weight excluding hydrogens is 352 g/mol. The van der Waals surface area contributed by atoms with Crippen LogP contribution in [0.1, 0.15) is 44.0 Å². The number of hydrogen-bond acceptors (Lipinski definition) is 5. The quantitative estimate of drug-likeness (QED) is 0.817. The summed E-state index contributed by atoms with van der Waals surface area (Å²) in [6.45, 7) is 9.82. The molecule has 2 aliphatic rings. The highest BCUT2D eigenvalue weighted by atomic mass is 16.2. The van der Waals surface area contributed by atoms with Crippen LogP contribution in [0.25, 0.3) is 5.82 Å². The maximum atomic E-state index is 12.8. The summed E-state index contributed by atoms with van der Waals surface area (Å²) in [5.41, 5.74) is 2.01. The van der Waals surface area contributed by atoms with E-state index in [2.05, 4.69) is 26.8 Å². The number of carbonyl (C=O) groups is 1. The Kier molecular flexibility index (Phi) is 5.33. The lowest BCUT2D eigenvalue weighted by molar-refractivity contribution is -0.137. The Morgan fingerprint density at radius 3 is 2.32 bits per heavy atom. The Bertz CT molecular complexity index is 831. The van der Waals surface area contributed by atoms with Crippen molar-refractivity contribution in [3.8, 4) is 5.82 Å². The van der Waals surface area contributed by atoms with Gasteiger partial charge in [-0.15, -0.1) is 0 Å². The van der Waals surface area contributed by atoms with Crippen LogP contribution in [0.2, 0.25) is 0 Å². The fourth-order valence-electron chi connectivity index (χ4n) is 4.30. The van der Waals surface area contributed by atoms with E-state index in [1.54, 1.807) is 6.20 Å². The predicted molar refractivity (Wildman–Crippen MR) is 109 cm³/mol. The average molecular weight is 383 g/mol. The number of piperidine rings is 2. The van der Waals surface area contributed by atoms with Crippen molar-refractivity contribution >= 4 is 11.7 Å². The monoisotopic (exact) mass is 382 g/mol. The zero-order chi connectivity index (χ0) is 19.7. The van der Waals surface area contributed by atoms with E-state index in [4.69, 9.17) is 4.98 Å². The molecule has 0 aliphatic carbocycles. The molecule has 1 amide bonds. The number of likely N-dealkylation sites (tertiary alicyclic amines) is 1. The summed E-state index contributed by atoms with van der Waals surface area (Å²) in [4.78, 5) is 26.3. The summed E-state index contributed by atoms with van der Waals surface area (Å²) in [5, 5.41) is 4.50. The Morgan fingerprint density at radius 2 is 1.68 bits per heavy atom. The molecule has 0 N–H and O–H groups in total. The molecule has 2 saturated heterocycles. The smallest absolute Gasteiger partial charge is 0.225 e. The number of aryl methyl sites for hydroxylation is 2. The van der Waals surface area contributed by atoms with Gasteiger partial charge in [0.15, 0.2) is 5.82 Å². The molecule has 2 aliphatic heterocycles. The number of nitrogens with zero attached hydrogens (tertiary/aromatic N) is 6. The average Bonchev–Trinajstić information content (AvgIpc) is 3.06. The van der Waals surface area contributed by atoms with Gasteiger partial charge in [-0.1, -0.05) is 6.92 Å². The molecule has 0 unspecified atom stereocenters. The van der Waals surface area contributed by atoms with Crippen molar-refractivity contribution in [1.29, 1.82) is 0 Å². The molecule has 2 fully saturated rings. The third-order valence-electron chi connectivity index (χ3n) is 6.10. The number of amides is 1. The Labute approximate surface area is 166 Å². The number of hydrogen-bond donors (Lipinski definition) is 0. The lowest BCUT2D eigenvalue weighted by Gasteiger charge is -2.37. The van der Waals surface area contributed by atoms with E-state index in [0.717, 1.165) is 80.8 Å². The maximum Gasteiger partial charge on any atom is 0.225 e. The van der Waals surface area contributed by atoms with Crippen molar-refractivity contribution in [3.63, 3.8) is 0 Å². The van der Waals surface area contributed by atoms with Crippen molar-refractivity contribution in [2.24, 2.45) is 11.8 Å². The predicted octanol–water partition coefficient (Wildman–Crippen LogP) is 2.75. The molecule has 7 nitrogen and oxygen atoms in total. The van der Waals surface area contributed by atoms with Gasteiger partial charge < -0.3 is 9.80 Å². The van der Waals surface area contributed by atoms with Crippen LogP contribution in [0.5, 0.6) is 0 Å². The molecule has 2 aromatic rings. The zero-order valence-electron chi connectivity index (χ0n) is 17.1. The zero-order valence-corrected chi connectivity index (χ0v) is 17.1. The Balaban J connectivity index is 1.39. The summed E-state index contributed by atoms with van der Waals surface area (Å²) in [7, 11) is 0. The molecule has 0 atom stereocenters. The first-order chi connectivity index (χ1) is 13.5. The van der Waals surface area contributed by atoms with Gasteiger partial charge >= 0.3 is 0 Å². The molecule has 0 spiro atoms. The summed E-state index contributed by atoms with van der Waals surface area (Å²) in [5.74, 6) is 2.86. The third-order valence-corrected chi connectivity index (χ3v) is 6.10. The van der Waals surface area contributed by atoms with Crippen LogP contribution in [-0.2, 0) is 4.79 Å². The molecule has 0 bridgehead atoms. The van der Waals surface area contributed by atoms with Gasteiger partial charge in [-0.25, -0.2) is 9.67 Å². The van der Waals surface area contributed by atoms with Crippen LogP contribution in [0.15, 0.2) is 18.5 Å². The van der Waals surface area contributed by atoms with Gasteiger partial charge in [-0.3, -0.25) is 9.78 Å². The van der Waals surface area contributed by atoms with E-state index in [1.165, 1.54) is 0 Å². The molecule has 4 heterocycles. The second-order valence-electron chi connectivity index (χ2n) is 8.34. The molecule has 150 valence electrons. The van der Waals surface area contributed by atoms with Crippen LogP contribution in [-0.4, -0.2) is 56.7 Å². The van der Waals surface area contributed by atoms with Gasteiger partial charge in [0.25, 0.3) is 0 Å². The van der Waals surface area contributed by atoms with Crippen molar-refractivity contribution in [2.75, 3.05) is 31.1 Å². The van der Waals surface area contributed by atoms with E-state index in [9.17, 15) is 4.79 Å². The van der Waals surface area contributed by atoms with Gasteiger partial charge in [-0.05, 0) is 51.5 Å². The standard InChI is InChI=1S/C21H30N6O/c1-15-4-8-26(9-5-15)21(28)18-6-10-25(11-7-18)19-13-22-14-20(23-19)27-17(3)12-16(2)24-27/h12-15,18H,4-11H2,1-3H3. The first kappa shape index (κ1) is 18.9.